The predicted molar refractivity (Wildman–Crippen MR) is 102 cm³/mol. The lowest BCUT2D eigenvalue weighted by Gasteiger charge is -2.13. The van der Waals surface area contributed by atoms with E-state index in [4.69, 9.17) is 4.74 Å². The Morgan fingerprint density at radius 2 is 1.96 bits per heavy atom. The van der Waals surface area contributed by atoms with Crippen LogP contribution in [0.25, 0.3) is 0 Å². The third kappa shape index (κ3) is 6.08. The maximum Gasteiger partial charge on any atom is 0.253 e. The average molecular weight is 355 g/mol. The molecule has 1 amide bonds. The van der Waals surface area contributed by atoms with Crippen LogP contribution >= 0.6 is 0 Å². The fraction of sp³-hybridized carbons (Fsp3) is 0.316. The van der Waals surface area contributed by atoms with Gasteiger partial charge < -0.3 is 20.3 Å². The smallest absolute Gasteiger partial charge is 0.253 e. The highest BCUT2D eigenvalue weighted by molar-refractivity contribution is 5.93. The molecular weight excluding hydrogens is 330 g/mol. The summed E-state index contributed by atoms with van der Waals surface area (Å²) in [4.78, 5) is 21.6. The molecule has 0 spiro atoms. The normalized spacial score (nSPS) is 11.0. The van der Waals surface area contributed by atoms with E-state index in [-0.39, 0.29) is 5.91 Å². The number of aromatic nitrogens is 1. The summed E-state index contributed by atoms with van der Waals surface area (Å²) in [7, 11) is 5.20. The molecule has 26 heavy (non-hydrogen) atoms. The number of hydrogen-bond acceptors (Lipinski definition) is 4. The van der Waals surface area contributed by atoms with Crippen molar-refractivity contribution < 1.29 is 9.53 Å². The predicted octanol–water partition coefficient (Wildman–Crippen LogP) is 1.53. The first-order chi connectivity index (χ1) is 12.6. The number of ether oxygens (including phenoxy) is 1. The number of carbonyl (C=O) groups is 1. The van der Waals surface area contributed by atoms with Crippen LogP contribution in [0.2, 0.25) is 0 Å². The largest absolute Gasteiger partial charge is 0.490 e. The summed E-state index contributed by atoms with van der Waals surface area (Å²) in [5.74, 6) is 1.42. The van der Waals surface area contributed by atoms with Gasteiger partial charge in [0.05, 0.1) is 12.7 Å². The lowest BCUT2D eigenvalue weighted by Crippen LogP contribution is -2.38. The molecule has 2 N–H and O–H groups in total. The van der Waals surface area contributed by atoms with Crippen LogP contribution in [0.3, 0.4) is 0 Å². The zero-order chi connectivity index (χ0) is 18.8. The van der Waals surface area contributed by atoms with Gasteiger partial charge in [0, 0.05) is 39.4 Å². The number of nitrogens with zero attached hydrogens (tertiary/aromatic N) is 3. The van der Waals surface area contributed by atoms with Crippen molar-refractivity contribution in [2.24, 2.45) is 4.99 Å². The van der Waals surface area contributed by atoms with E-state index in [1.165, 1.54) is 0 Å². The van der Waals surface area contributed by atoms with E-state index in [1.54, 1.807) is 38.4 Å². The molecule has 2 aromatic rings. The van der Waals surface area contributed by atoms with Crippen molar-refractivity contribution in [3.05, 3.63) is 59.9 Å². The van der Waals surface area contributed by atoms with Gasteiger partial charge in [-0.1, -0.05) is 12.1 Å². The number of nitrogens with one attached hydrogen (secondary N) is 2. The number of rotatable bonds is 7. The van der Waals surface area contributed by atoms with Gasteiger partial charge in [0.1, 0.15) is 12.4 Å². The van der Waals surface area contributed by atoms with Crippen LogP contribution in [0, 0.1) is 0 Å². The molecule has 0 saturated heterocycles. The lowest BCUT2D eigenvalue weighted by atomic mass is 10.1. The molecule has 7 heteroatoms. The highest BCUT2D eigenvalue weighted by Gasteiger charge is 2.07. The van der Waals surface area contributed by atoms with Crippen molar-refractivity contribution in [2.75, 3.05) is 34.3 Å². The van der Waals surface area contributed by atoms with Crippen LogP contribution in [0.4, 0.5) is 0 Å². The quantitative estimate of drug-likeness (QED) is 0.447. The molecule has 0 radical (unpaired) electrons. The summed E-state index contributed by atoms with van der Waals surface area (Å²) in [6, 6.07) is 11.2. The molecule has 0 aliphatic rings. The van der Waals surface area contributed by atoms with Crippen LogP contribution in [0.5, 0.6) is 5.75 Å². The Morgan fingerprint density at radius 1 is 1.19 bits per heavy atom. The minimum Gasteiger partial charge on any atom is -0.490 e. The van der Waals surface area contributed by atoms with Gasteiger partial charge in [-0.05, 0) is 29.8 Å². The van der Waals surface area contributed by atoms with Crippen molar-refractivity contribution in [3.63, 3.8) is 0 Å². The molecule has 2 rings (SSSR count). The van der Waals surface area contributed by atoms with E-state index < -0.39 is 0 Å². The zero-order valence-electron chi connectivity index (χ0n) is 15.4. The van der Waals surface area contributed by atoms with Gasteiger partial charge in [0.15, 0.2) is 5.96 Å². The Labute approximate surface area is 154 Å². The molecule has 0 saturated carbocycles. The van der Waals surface area contributed by atoms with Crippen LogP contribution in [0.1, 0.15) is 15.9 Å². The van der Waals surface area contributed by atoms with Gasteiger partial charge in [-0.25, -0.2) is 0 Å². The highest BCUT2D eigenvalue weighted by atomic mass is 16.5. The first kappa shape index (κ1) is 19.2. The molecular formula is C19H25N5O2. The van der Waals surface area contributed by atoms with Gasteiger partial charge >= 0.3 is 0 Å². The first-order valence-corrected chi connectivity index (χ1v) is 8.38. The molecule has 1 aromatic heterocycles. The summed E-state index contributed by atoms with van der Waals surface area (Å²) < 4.78 is 5.57. The summed E-state index contributed by atoms with van der Waals surface area (Å²) in [6.07, 6.45) is 3.39. The number of carbonyl (C=O) groups excluding carboxylic acids is 1. The molecule has 1 aromatic carbocycles. The average Bonchev–Trinajstić information content (AvgIpc) is 2.68. The SMILES string of the molecule is CN=C(NCCOc1cccnc1)NCc1ccc(C(=O)N(C)C)cc1. The molecule has 0 bridgehead atoms. The number of hydrogen-bond donors (Lipinski definition) is 2. The highest BCUT2D eigenvalue weighted by Crippen LogP contribution is 2.06. The van der Waals surface area contributed by atoms with Gasteiger partial charge in [-0.2, -0.15) is 0 Å². The van der Waals surface area contributed by atoms with Crippen molar-refractivity contribution in [3.8, 4) is 5.75 Å². The Hall–Kier alpha value is -3.09. The molecule has 7 nitrogen and oxygen atoms in total. The third-order valence-corrected chi connectivity index (χ3v) is 3.59. The number of benzene rings is 1. The van der Waals surface area contributed by atoms with E-state index in [0.717, 1.165) is 11.3 Å². The Morgan fingerprint density at radius 3 is 2.58 bits per heavy atom. The van der Waals surface area contributed by atoms with Crippen LogP contribution in [0.15, 0.2) is 53.8 Å². The van der Waals surface area contributed by atoms with Crippen molar-refractivity contribution in [1.29, 1.82) is 0 Å². The van der Waals surface area contributed by atoms with E-state index in [0.29, 0.717) is 31.2 Å². The van der Waals surface area contributed by atoms with E-state index in [2.05, 4.69) is 20.6 Å². The van der Waals surface area contributed by atoms with Crippen LogP contribution < -0.4 is 15.4 Å². The molecule has 0 aliphatic heterocycles. The Bertz CT molecular complexity index is 714. The van der Waals surface area contributed by atoms with Crippen molar-refractivity contribution in [2.45, 2.75) is 6.54 Å². The van der Waals surface area contributed by atoms with Gasteiger partial charge in [0.25, 0.3) is 5.91 Å². The summed E-state index contributed by atoms with van der Waals surface area (Å²) in [6.45, 7) is 1.73. The second-order valence-electron chi connectivity index (χ2n) is 5.79. The molecule has 0 unspecified atom stereocenters. The molecule has 0 aliphatic carbocycles. The fourth-order valence-electron chi connectivity index (χ4n) is 2.20. The van der Waals surface area contributed by atoms with Gasteiger partial charge in [-0.3, -0.25) is 14.8 Å². The zero-order valence-corrected chi connectivity index (χ0v) is 15.4. The Balaban J connectivity index is 1.73. The summed E-state index contributed by atoms with van der Waals surface area (Å²) >= 11 is 0. The molecule has 138 valence electrons. The number of aliphatic imine (C=N–C) groups is 1. The maximum atomic E-state index is 11.9. The van der Waals surface area contributed by atoms with Crippen LogP contribution in [-0.4, -0.2) is 56.0 Å². The fourth-order valence-corrected chi connectivity index (χ4v) is 2.20. The topological polar surface area (TPSA) is 78.9 Å². The summed E-state index contributed by atoms with van der Waals surface area (Å²) in [5.41, 5.74) is 1.74. The molecule has 1 heterocycles. The number of guanidine groups is 1. The van der Waals surface area contributed by atoms with Crippen molar-refractivity contribution >= 4 is 11.9 Å². The number of pyridine rings is 1. The molecule has 0 fully saturated rings. The van der Waals surface area contributed by atoms with E-state index in [1.807, 2.05) is 36.4 Å². The van der Waals surface area contributed by atoms with E-state index in [9.17, 15) is 4.79 Å². The monoisotopic (exact) mass is 355 g/mol. The van der Waals surface area contributed by atoms with Gasteiger partial charge in [0.2, 0.25) is 0 Å². The minimum atomic E-state index is -0.00407. The lowest BCUT2D eigenvalue weighted by molar-refractivity contribution is 0.0827. The van der Waals surface area contributed by atoms with Gasteiger partial charge in [-0.15, -0.1) is 0 Å². The Kier molecular flexibility index (Phi) is 7.42. The standard InChI is InChI=1S/C19H25N5O2/c1-20-19(22-11-12-26-17-5-4-10-21-14-17)23-13-15-6-8-16(9-7-15)18(25)24(2)3/h4-10,14H,11-13H2,1-3H3,(H2,20,22,23). The first-order valence-electron chi connectivity index (χ1n) is 8.38. The second-order valence-corrected chi connectivity index (χ2v) is 5.79. The third-order valence-electron chi connectivity index (χ3n) is 3.59. The van der Waals surface area contributed by atoms with Crippen molar-refractivity contribution in [1.82, 2.24) is 20.5 Å². The minimum absolute atomic E-state index is 0.00407. The summed E-state index contributed by atoms with van der Waals surface area (Å²) in [5, 5.41) is 6.42. The number of amides is 1. The maximum absolute atomic E-state index is 11.9. The molecule has 0 atom stereocenters. The second kappa shape index (κ2) is 10.0. The van der Waals surface area contributed by atoms with E-state index >= 15 is 0 Å². The van der Waals surface area contributed by atoms with Crippen LogP contribution in [-0.2, 0) is 6.54 Å².